The predicted molar refractivity (Wildman–Crippen MR) is 73.4 cm³/mol. The van der Waals surface area contributed by atoms with Crippen molar-refractivity contribution in [1.82, 2.24) is 15.1 Å². The van der Waals surface area contributed by atoms with E-state index in [0.717, 1.165) is 18.6 Å². The van der Waals surface area contributed by atoms with Gasteiger partial charge in [0.1, 0.15) is 0 Å². The first-order chi connectivity index (χ1) is 8.33. The van der Waals surface area contributed by atoms with E-state index in [-0.39, 0.29) is 0 Å². The van der Waals surface area contributed by atoms with E-state index in [0.29, 0.717) is 0 Å². The summed E-state index contributed by atoms with van der Waals surface area (Å²) in [7, 11) is 0. The molecule has 1 atom stereocenters. The number of likely N-dealkylation sites (N-methyl/N-ethyl adjacent to an activating group) is 1. The van der Waals surface area contributed by atoms with Gasteiger partial charge < -0.3 is 10.2 Å². The first kappa shape index (κ1) is 13.3. The van der Waals surface area contributed by atoms with Crippen molar-refractivity contribution in [3.63, 3.8) is 0 Å². The Kier molecular flexibility index (Phi) is 5.26. The van der Waals surface area contributed by atoms with Gasteiger partial charge in [0.25, 0.3) is 0 Å². The van der Waals surface area contributed by atoms with Gasteiger partial charge in [0.15, 0.2) is 0 Å². The molecule has 2 heterocycles. The van der Waals surface area contributed by atoms with E-state index in [2.05, 4.69) is 29.0 Å². The van der Waals surface area contributed by atoms with Gasteiger partial charge in [-0.1, -0.05) is 13.8 Å². The lowest BCUT2D eigenvalue weighted by Gasteiger charge is -2.36. The molecule has 2 aliphatic heterocycles. The van der Waals surface area contributed by atoms with Crippen LogP contribution in [0.15, 0.2) is 0 Å². The topological polar surface area (TPSA) is 18.5 Å². The molecule has 0 radical (unpaired) electrons. The smallest absolute Gasteiger partial charge is 0.0207 e. The van der Waals surface area contributed by atoms with Crippen molar-refractivity contribution in [3.05, 3.63) is 0 Å². The molecule has 2 saturated heterocycles. The summed E-state index contributed by atoms with van der Waals surface area (Å²) in [5.74, 6) is 0. The lowest BCUT2D eigenvalue weighted by molar-refractivity contribution is 0.125. The largest absolute Gasteiger partial charge is 0.313 e. The fourth-order valence-electron chi connectivity index (χ4n) is 3.40. The van der Waals surface area contributed by atoms with Crippen LogP contribution in [0.3, 0.4) is 0 Å². The van der Waals surface area contributed by atoms with Gasteiger partial charge in [-0.15, -0.1) is 0 Å². The summed E-state index contributed by atoms with van der Waals surface area (Å²) >= 11 is 0. The molecule has 3 nitrogen and oxygen atoms in total. The van der Waals surface area contributed by atoms with E-state index in [1.165, 1.54) is 58.4 Å². The Bertz CT molecular complexity index is 212. The highest BCUT2D eigenvalue weighted by Gasteiger charge is 2.29. The highest BCUT2D eigenvalue weighted by molar-refractivity contribution is 4.87. The Morgan fingerprint density at radius 2 is 1.82 bits per heavy atom. The number of rotatable bonds is 5. The summed E-state index contributed by atoms with van der Waals surface area (Å²) in [6.45, 7) is 12.2. The third-order valence-electron chi connectivity index (χ3n) is 4.33. The van der Waals surface area contributed by atoms with Crippen molar-refractivity contribution in [1.29, 1.82) is 0 Å². The second-order valence-electron chi connectivity index (χ2n) is 5.61. The number of likely N-dealkylation sites (tertiary alicyclic amines) is 2. The zero-order chi connectivity index (χ0) is 12.1. The fraction of sp³-hybridized carbons (Fsp3) is 1.00. The molecule has 17 heavy (non-hydrogen) atoms. The summed E-state index contributed by atoms with van der Waals surface area (Å²) < 4.78 is 0. The second kappa shape index (κ2) is 6.72. The Morgan fingerprint density at radius 1 is 1.06 bits per heavy atom. The van der Waals surface area contributed by atoms with Gasteiger partial charge in [0.05, 0.1) is 0 Å². The molecule has 2 aliphatic rings. The van der Waals surface area contributed by atoms with Crippen molar-refractivity contribution in [3.8, 4) is 0 Å². The SMILES string of the molecule is CCCN1CCC(N2CCC(NCC)C2)CC1. The molecule has 1 unspecified atom stereocenters. The molecular weight excluding hydrogens is 210 g/mol. The predicted octanol–water partition coefficient (Wildman–Crippen LogP) is 1.54. The number of hydrogen-bond acceptors (Lipinski definition) is 3. The van der Waals surface area contributed by atoms with Crippen LogP contribution in [-0.2, 0) is 0 Å². The minimum absolute atomic E-state index is 0.758. The van der Waals surface area contributed by atoms with Crippen molar-refractivity contribution in [2.45, 2.75) is 51.6 Å². The fourth-order valence-corrected chi connectivity index (χ4v) is 3.40. The highest BCUT2D eigenvalue weighted by atomic mass is 15.2. The van der Waals surface area contributed by atoms with Crippen molar-refractivity contribution in [2.24, 2.45) is 0 Å². The molecule has 0 aliphatic carbocycles. The first-order valence-corrected chi connectivity index (χ1v) is 7.53. The van der Waals surface area contributed by atoms with Gasteiger partial charge in [-0.3, -0.25) is 4.90 Å². The maximum Gasteiger partial charge on any atom is 0.0207 e. The number of piperidine rings is 1. The van der Waals surface area contributed by atoms with Gasteiger partial charge in [0.2, 0.25) is 0 Å². The zero-order valence-electron chi connectivity index (χ0n) is 11.6. The molecule has 2 rings (SSSR count). The molecule has 0 saturated carbocycles. The molecule has 0 bridgehead atoms. The van der Waals surface area contributed by atoms with Crippen LogP contribution in [0.4, 0.5) is 0 Å². The second-order valence-corrected chi connectivity index (χ2v) is 5.61. The van der Waals surface area contributed by atoms with Crippen LogP contribution in [0, 0.1) is 0 Å². The van der Waals surface area contributed by atoms with Crippen LogP contribution >= 0.6 is 0 Å². The summed E-state index contributed by atoms with van der Waals surface area (Å²) in [4.78, 5) is 5.37. The molecule has 0 spiro atoms. The number of hydrogen-bond donors (Lipinski definition) is 1. The van der Waals surface area contributed by atoms with Crippen LogP contribution in [0.25, 0.3) is 0 Å². The molecule has 0 aromatic carbocycles. The zero-order valence-corrected chi connectivity index (χ0v) is 11.6. The summed E-state index contributed by atoms with van der Waals surface area (Å²) in [6, 6.07) is 1.63. The maximum atomic E-state index is 3.59. The average molecular weight is 239 g/mol. The third kappa shape index (κ3) is 3.67. The van der Waals surface area contributed by atoms with E-state index >= 15 is 0 Å². The maximum absolute atomic E-state index is 3.59. The van der Waals surface area contributed by atoms with Crippen LogP contribution < -0.4 is 5.32 Å². The van der Waals surface area contributed by atoms with E-state index in [9.17, 15) is 0 Å². The molecule has 0 aromatic heterocycles. The Labute approximate surface area is 107 Å². The third-order valence-corrected chi connectivity index (χ3v) is 4.33. The summed E-state index contributed by atoms with van der Waals surface area (Å²) in [5, 5.41) is 3.59. The minimum atomic E-state index is 0.758. The molecule has 0 aromatic rings. The van der Waals surface area contributed by atoms with Gasteiger partial charge in [0, 0.05) is 25.2 Å². The van der Waals surface area contributed by atoms with E-state index in [1.807, 2.05) is 0 Å². The van der Waals surface area contributed by atoms with Crippen molar-refractivity contribution in [2.75, 3.05) is 39.3 Å². The van der Waals surface area contributed by atoms with E-state index in [1.54, 1.807) is 0 Å². The molecule has 1 N–H and O–H groups in total. The van der Waals surface area contributed by atoms with Crippen LogP contribution in [0.1, 0.15) is 39.5 Å². The van der Waals surface area contributed by atoms with Crippen LogP contribution in [0.5, 0.6) is 0 Å². The average Bonchev–Trinajstić information content (AvgIpc) is 2.80. The molecular formula is C14H29N3. The summed E-state index contributed by atoms with van der Waals surface area (Å²) in [6.07, 6.45) is 5.43. The lowest BCUT2D eigenvalue weighted by atomic mass is 10.0. The van der Waals surface area contributed by atoms with Crippen molar-refractivity contribution < 1.29 is 0 Å². The molecule has 3 heteroatoms. The van der Waals surface area contributed by atoms with E-state index in [4.69, 9.17) is 0 Å². The van der Waals surface area contributed by atoms with E-state index < -0.39 is 0 Å². The Morgan fingerprint density at radius 3 is 2.47 bits per heavy atom. The molecule has 100 valence electrons. The Balaban J connectivity index is 1.70. The van der Waals surface area contributed by atoms with Gasteiger partial charge in [-0.25, -0.2) is 0 Å². The summed E-state index contributed by atoms with van der Waals surface area (Å²) in [5.41, 5.74) is 0. The van der Waals surface area contributed by atoms with Crippen LogP contribution in [0.2, 0.25) is 0 Å². The van der Waals surface area contributed by atoms with Crippen LogP contribution in [-0.4, -0.2) is 61.2 Å². The van der Waals surface area contributed by atoms with Gasteiger partial charge in [-0.05, 0) is 51.9 Å². The monoisotopic (exact) mass is 239 g/mol. The quantitative estimate of drug-likeness (QED) is 0.785. The molecule has 2 fully saturated rings. The Hall–Kier alpha value is -0.120. The number of nitrogens with one attached hydrogen (secondary N) is 1. The van der Waals surface area contributed by atoms with Gasteiger partial charge in [-0.2, -0.15) is 0 Å². The molecule has 0 amide bonds. The standard InChI is InChI=1S/C14H29N3/c1-3-8-16-9-6-14(7-10-16)17-11-5-13(12-17)15-4-2/h13-15H,3-12H2,1-2H3. The lowest BCUT2D eigenvalue weighted by Crippen LogP contribution is -2.45. The van der Waals surface area contributed by atoms with Crippen molar-refractivity contribution >= 4 is 0 Å². The van der Waals surface area contributed by atoms with Gasteiger partial charge >= 0.3 is 0 Å². The number of nitrogens with zero attached hydrogens (tertiary/aromatic N) is 2. The highest BCUT2D eigenvalue weighted by Crippen LogP contribution is 2.21. The normalized spacial score (nSPS) is 28.9. The minimum Gasteiger partial charge on any atom is -0.313 e. The first-order valence-electron chi connectivity index (χ1n) is 7.53.